The van der Waals surface area contributed by atoms with E-state index in [0.717, 1.165) is 11.3 Å². The highest BCUT2D eigenvalue weighted by Gasteiger charge is 2.20. The summed E-state index contributed by atoms with van der Waals surface area (Å²) in [5.74, 6) is 5.29. The van der Waals surface area contributed by atoms with Crippen molar-refractivity contribution in [2.24, 2.45) is 0 Å². The van der Waals surface area contributed by atoms with Gasteiger partial charge in [-0.1, -0.05) is 37.0 Å². The molecule has 0 unspecified atom stereocenters. The van der Waals surface area contributed by atoms with Crippen LogP contribution in [0.2, 0.25) is 0 Å². The Morgan fingerprint density at radius 1 is 1.00 bits per heavy atom. The molecule has 0 bridgehead atoms. The maximum Gasteiger partial charge on any atom is 0.264 e. The van der Waals surface area contributed by atoms with Crippen LogP contribution in [0.15, 0.2) is 66.0 Å². The fourth-order valence-corrected chi connectivity index (χ4v) is 4.81. The normalized spacial score (nSPS) is 10.8. The van der Waals surface area contributed by atoms with E-state index in [2.05, 4.69) is 37.6 Å². The maximum atomic E-state index is 14.3. The fourth-order valence-electron chi connectivity index (χ4n) is 3.64. The molecule has 9 heteroatoms. The average molecular weight is 512 g/mol. The molecule has 184 valence electrons. The van der Waals surface area contributed by atoms with Crippen LogP contribution in [0, 0.1) is 42.8 Å². The van der Waals surface area contributed by atoms with Gasteiger partial charge in [-0.05, 0) is 56.2 Å². The minimum atomic E-state index is -4.19. The van der Waals surface area contributed by atoms with Crippen molar-refractivity contribution in [3.05, 3.63) is 101 Å². The highest BCUT2D eigenvalue weighted by atomic mass is 32.2. The van der Waals surface area contributed by atoms with Gasteiger partial charge in [0.05, 0.1) is 40.0 Å². The molecule has 0 aliphatic heterocycles. The molecule has 0 saturated carbocycles. The maximum absolute atomic E-state index is 14.3. The molecule has 4 rings (SSSR count). The number of aromatic nitrogens is 3. The van der Waals surface area contributed by atoms with Gasteiger partial charge in [-0.25, -0.2) is 22.8 Å². The number of benzene rings is 2. The molecule has 0 radical (unpaired) electrons. The lowest BCUT2D eigenvalue weighted by molar-refractivity contribution is 0.569. The largest absolute Gasteiger partial charge is 0.278 e. The number of aryl methyl sites for hydroxylation is 3. The first-order valence-electron chi connectivity index (χ1n) is 11.3. The predicted octanol–water partition coefficient (Wildman–Crippen LogP) is 4.93. The van der Waals surface area contributed by atoms with Gasteiger partial charge < -0.3 is 0 Å². The summed E-state index contributed by atoms with van der Waals surface area (Å²) < 4.78 is 42.5. The molecule has 1 N–H and O–H groups in total. The Morgan fingerprint density at radius 2 is 1.81 bits per heavy atom. The third-order valence-electron chi connectivity index (χ3n) is 5.57. The van der Waals surface area contributed by atoms with Crippen LogP contribution in [0.3, 0.4) is 0 Å². The topological polar surface area (TPSA) is 109 Å². The zero-order chi connectivity index (χ0) is 26.6. The number of halogens is 1. The number of rotatable bonds is 5. The van der Waals surface area contributed by atoms with Crippen molar-refractivity contribution in [1.29, 1.82) is 5.26 Å². The first-order chi connectivity index (χ1) is 17.7. The van der Waals surface area contributed by atoms with Crippen LogP contribution in [0.4, 0.5) is 10.1 Å². The van der Waals surface area contributed by atoms with E-state index in [-0.39, 0.29) is 5.69 Å². The highest BCUT2D eigenvalue weighted by molar-refractivity contribution is 7.92. The van der Waals surface area contributed by atoms with Gasteiger partial charge in [0.25, 0.3) is 10.0 Å². The van der Waals surface area contributed by atoms with E-state index in [4.69, 9.17) is 0 Å². The second kappa shape index (κ2) is 10.6. The summed E-state index contributed by atoms with van der Waals surface area (Å²) in [4.78, 5) is 12.6. The summed E-state index contributed by atoms with van der Waals surface area (Å²) in [6.45, 7) is 5.27. The number of nitrogens with one attached hydrogen (secondary N) is 1. The molecule has 0 aliphatic rings. The standard InChI is InChI=1S/C28H22FN5O2S/c1-4-25-23(28(33-17-32-25)22-7-5-6-20(13-22)15-30)10-9-21-14-26(19(3)31-16-21)34-37(35,36)27-11-8-18(2)12-24(27)29/h5-8,11-14,16-17,34H,4H2,1-3H3. The van der Waals surface area contributed by atoms with Gasteiger partial charge in [-0.3, -0.25) is 9.71 Å². The van der Waals surface area contributed by atoms with Gasteiger partial charge in [0, 0.05) is 17.3 Å². The minimum Gasteiger partial charge on any atom is -0.278 e. The quantitative estimate of drug-likeness (QED) is 0.381. The number of anilines is 1. The molecular formula is C28H22FN5O2S. The van der Waals surface area contributed by atoms with Crippen molar-refractivity contribution in [2.75, 3.05) is 4.72 Å². The zero-order valence-corrected chi connectivity index (χ0v) is 21.2. The van der Waals surface area contributed by atoms with Crippen molar-refractivity contribution < 1.29 is 12.8 Å². The lowest BCUT2D eigenvalue weighted by Gasteiger charge is -2.11. The van der Waals surface area contributed by atoms with E-state index < -0.39 is 20.7 Å². The van der Waals surface area contributed by atoms with E-state index in [1.807, 2.05) is 13.0 Å². The minimum absolute atomic E-state index is 0.189. The predicted molar refractivity (Wildman–Crippen MR) is 138 cm³/mol. The van der Waals surface area contributed by atoms with Crippen LogP contribution in [0.5, 0.6) is 0 Å². The molecule has 4 aromatic rings. The zero-order valence-electron chi connectivity index (χ0n) is 20.4. The smallest absolute Gasteiger partial charge is 0.264 e. The summed E-state index contributed by atoms with van der Waals surface area (Å²) in [7, 11) is -4.19. The summed E-state index contributed by atoms with van der Waals surface area (Å²) in [6.07, 6.45) is 3.59. The Labute approximate surface area is 215 Å². The molecule has 0 spiro atoms. The summed E-state index contributed by atoms with van der Waals surface area (Å²) in [5.41, 5.74) is 4.81. The first kappa shape index (κ1) is 25.5. The van der Waals surface area contributed by atoms with Crippen LogP contribution >= 0.6 is 0 Å². The van der Waals surface area contributed by atoms with Crippen LogP contribution in [0.1, 0.15) is 40.6 Å². The average Bonchev–Trinajstić information content (AvgIpc) is 2.88. The third-order valence-corrected chi connectivity index (χ3v) is 6.96. The van der Waals surface area contributed by atoms with Gasteiger partial charge in [0.1, 0.15) is 17.0 Å². The molecule has 0 saturated heterocycles. The second-order valence-electron chi connectivity index (χ2n) is 8.24. The van der Waals surface area contributed by atoms with Gasteiger partial charge in [0.2, 0.25) is 0 Å². The van der Waals surface area contributed by atoms with Crippen molar-refractivity contribution in [2.45, 2.75) is 32.1 Å². The lowest BCUT2D eigenvalue weighted by atomic mass is 10.0. The van der Waals surface area contributed by atoms with Crippen molar-refractivity contribution in [1.82, 2.24) is 15.0 Å². The summed E-state index contributed by atoms with van der Waals surface area (Å²) in [6, 6.07) is 14.7. The van der Waals surface area contributed by atoms with Gasteiger partial charge >= 0.3 is 0 Å². The highest BCUT2D eigenvalue weighted by Crippen LogP contribution is 2.25. The van der Waals surface area contributed by atoms with Crippen LogP contribution in [-0.4, -0.2) is 23.4 Å². The molecule has 2 aromatic carbocycles. The van der Waals surface area contributed by atoms with Crippen LogP contribution in [-0.2, 0) is 16.4 Å². The van der Waals surface area contributed by atoms with E-state index in [0.29, 0.717) is 40.1 Å². The monoisotopic (exact) mass is 511 g/mol. The third kappa shape index (κ3) is 5.64. The lowest BCUT2D eigenvalue weighted by Crippen LogP contribution is -2.16. The number of pyridine rings is 1. The Kier molecular flexibility index (Phi) is 7.28. The van der Waals surface area contributed by atoms with Gasteiger partial charge in [0.15, 0.2) is 0 Å². The number of hydrogen-bond donors (Lipinski definition) is 1. The fraction of sp³-hybridized carbons (Fsp3) is 0.143. The van der Waals surface area contributed by atoms with Crippen LogP contribution < -0.4 is 4.72 Å². The van der Waals surface area contributed by atoms with E-state index in [1.165, 1.54) is 30.7 Å². The number of nitriles is 1. The summed E-state index contributed by atoms with van der Waals surface area (Å²) in [5, 5.41) is 9.27. The second-order valence-corrected chi connectivity index (χ2v) is 9.89. The number of hydrogen-bond acceptors (Lipinski definition) is 6. The summed E-state index contributed by atoms with van der Waals surface area (Å²) >= 11 is 0. The van der Waals surface area contributed by atoms with E-state index in [1.54, 1.807) is 38.1 Å². The first-order valence-corrected chi connectivity index (χ1v) is 12.8. The Bertz CT molecular complexity index is 1720. The van der Waals surface area contributed by atoms with Gasteiger partial charge in [-0.15, -0.1) is 0 Å². The molecule has 0 fully saturated rings. The van der Waals surface area contributed by atoms with E-state index >= 15 is 0 Å². The molecule has 37 heavy (non-hydrogen) atoms. The van der Waals surface area contributed by atoms with Crippen molar-refractivity contribution >= 4 is 15.7 Å². The van der Waals surface area contributed by atoms with Crippen LogP contribution in [0.25, 0.3) is 11.3 Å². The molecular weight excluding hydrogens is 489 g/mol. The molecule has 0 aliphatic carbocycles. The molecule has 0 atom stereocenters. The molecule has 2 aromatic heterocycles. The molecule has 0 amide bonds. The SMILES string of the molecule is CCc1ncnc(-c2cccc(C#N)c2)c1C#Cc1cnc(C)c(NS(=O)(=O)c2ccc(C)cc2F)c1. The van der Waals surface area contributed by atoms with E-state index in [9.17, 15) is 18.1 Å². The Hall–Kier alpha value is -4.60. The molecule has 7 nitrogen and oxygen atoms in total. The molecule has 2 heterocycles. The van der Waals surface area contributed by atoms with Crippen molar-refractivity contribution in [3.8, 4) is 29.2 Å². The van der Waals surface area contributed by atoms with Gasteiger partial charge in [-0.2, -0.15) is 5.26 Å². The Balaban J connectivity index is 1.73. The Morgan fingerprint density at radius 3 is 2.54 bits per heavy atom. The van der Waals surface area contributed by atoms with Crippen molar-refractivity contribution in [3.63, 3.8) is 0 Å². The number of sulfonamides is 1. The number of nitrogens with zero attached hydrogens (tertiary/aromatic N) is 4.